The molecule has 0 spiro atoms. The number of aromatic nitrogens is 1. The molecule has 0 saturated carbocycles. The number of ether oxygens (including phenoxy) is 1. The third kappa shape index (κ3) is 25.9. The van der Waals surface area contributed by atoms with Crippen molar-refractivity contribution in [2.75, 3.05) is 33.3 Å². The number of esters is 1. The number of unbranched alkanes of at least 4 members (excludes halogenated alkanes) is 1. The first-order chi connectivity index (χ1) is 42.6. The number of rotatable bonds is 37. The van der Waals surface area contributed by atoms with E-state index in [-0.39, 0.29) is 43.4 Å². The summed E-state index contributed by atoms with van der Waals surface area (Å²) in [5, 5.41) is 43.8. The monoisotopic (exact) mass is 1280 g/mol. The number of hydrogen-bond donors (Lipinski definition) is 11. The Morgan fingerprint density at radius 1 is 0.692 bits per heavy atom. The standard InChI is InChI=1S/C62H89F2N11O16/c1-36(68-49(78)19-15-20-50(79)70-45(18-13-14-27-65)60(90)91-62(6,7)8)58(87)73(9)37(2)55(84)72-46(32-48(66)77)57(86)71-43(56(85)67-28-25-51(80)69-44(59(88)89)23-24-53(82)83)26-29-75(52(81)35-76)54(61(3,4)5)47-30-39(41-31-40(63)21-22-42(41)64)34-74(47)33-38-16-11-10-12-17-38/h10-12,16-17,21-22,30-31,34,36-37,43-46,54,76H,13-15,18-20,23-29,32-33,35,65H2,1-9H3,(H2,66,77)(H,67,85)(H,68,78)(H,69,80)(H,70,79)(H,71,86)(H,72,84)(H,82,83)(H,88,89)/t36-,37-,43-,44+,45-,46-,54-/m0/s1. The highest BCUT2D eigenvalue weighted by Crippen LogP contribution is 2.41. The highest BCUT2D eigenvalue weighted by molar-refractivity contribution is 5.97. The number of carbonyl (C=O) groups is 12. The van der Waals surface area contributed by atoms with Crippen molar-refractivity contribution in [1.29, 1.82) is 0 Å². The number of primary amides is 1. The molecule has 0 radical (unpaired) electrons. The van der Waals surface area contributed by atoms with Crippen molar-refractivity contribution in [1.82, 2.24) is 46.3 Å². The molecular weight excluding hydrogens is 1190 g/mol. The molecule has 3 rings (SSSR count). The predicted octanol–water partition coefficient (Wildman–Crippen LogP) is 2.04. The Labute approximate surface area is 527 Å². The van der Waals surface area contributed by atoms with Crippen LogP contribution in [-0.4, -0.2) is 176 Å². The molecule has 0 fully saturated rings. The van der Waals surface area contributed by atoms with Crippen LogP contribution in [0.15, 0.2) is 60.8 Å². The zero-order chi connectivity index (χ0) is 68.5. The molecule has 0 unspecified atom stereocenters. The minimum absolute atomic E-state index is 0.0241. The molecule has 13 N–H and O–H groups in total. The van der Waals surface area contributed by atoms with E-state index in [2.05, 4.69) is 31.9 Å². The molecule has 91 heavy (non-hydrogen) atoms. The number of nitrogens with one attached hydrogen (secondary N) is 6. The number of carbonyl (C=O) groups excluding carboxylic acids is 10. The van der Waals surface area contributed by atoms with Crippen LogP contribution in [0.1, 0.15) is 143 Å². The van der Waals surface area contributed by atoms with Gasteiger partial charge < -0.3 is 77.8 Å². The largest absolute Gasteiger partial charge is 0.481 e. The number of hydrogen-bond acceptors (Lipinski definition) is 15. The summed E-state index contributed by atoms with van der Waals surface area (Å²) in [6, 6.07) is 3.67. The lowest BCUT2D eigenvalue weighted by atomic mass is 9.82. The highest BCUT2D eigenvalue weighted by Gasteiger charge is 2.39. The molecular formula is C62H89F2N11O16. The van der Waals surface area contributed by atoms with Gasteiger partial charge in [-0.3, -0.25) is 47.9 Å². The quantitative estimate of drug-likeness (QED) is 0.0291. The number of aliphatic hydroxyl groups is 1. The maximum absolute atomic E-state index is 15.5. The molecule has 502 valence electrons. The fourth-order valence-electron chi connectivity index (χ4n) is 9.66. The molecule has 27 nitrogen and oxygen atoms in total. The minimum Gasteiger partial charge on any atom is -0.481 e. The van der Waals surface area contributed by atoms with E-state index >= 15 is 4.39 Å². The minimum atomic E-state index is -1.85. The van der Waals surface area contributed by atoms with Gasteiger partial charge >= 0.3 is 17.9 Å². The van der Waals surface area contributed by atoms with E-state index in [1.165, 1.54) is 25.8 Å². The zero-order valence-corrected chi connectivity index (χ0v) is 53.0. The normalized spacial score (nSPS) is 13.7. The van der Waals surface area contributed by atoms with Gasteiger partial charge in [-0.05, 0) is 115 Å². The summed E-state index contributed by atoms with van der Waals surface area (Å²) in [5.41, 5.74) is 10.6. The molecule has 0 aliphatic heterocycles. The average Bonchev–Trinajstić information content (AvgIpc) is 1.68. The first-order valence-electron chi connectivity index (χ1n) is 29.9. The third-order valence-corrected chi connectivity index (χ3v) is 14.3. The highest BCUT2D eigenvalue weighted by atomic mass is 19.1. The van der Waals surface area contributed by atoms with Gasteiger partial charge in [0.1, 0.15) is 60.1 Å². The number of benzene rings is 2. The maximum Gasteiger partial charge on any atom is 0.329 e. The molecule has 3 aromatic rings. The average molecular weight is 1280 g/mol. The molecule has 2 aromatic carbocycles. The fourth-order valence-corrected chi connectivity index (χ4v) is 9.66. The molecule has 0 bridgehead atoms. The number of amides is 9. The van der Waals surface area contributed by atoms with Crippen LogP contribution in [0.25, 0.3) is 11.1 Å². The lowest BCUT2D eigenvalue weighted by Gasteiger charge is -2.41. The van der Waals surface area contributed by atoms with Crippen molar-refractivity contribution >= 4 is 71.1 Å². The second-order valence-electron chi connectivity index (χ2n) is 24.1. The Kier molecular flexibility index (Phi) is 30.3. The first kappa shape index (κ1) is 76.4. The van der Waals surface area contributed by atoms with Crippen molar-refractivity contribution in [2.45, 2.75) is 180 Å². The molecule has 7 atom stereocenters. The Bertz CT molecular complexity index is 3040. The van der Waals surface area contributed by atoms with Crippen molar-refractivity contribution in [3.8, 4) is 11.1 Å². The summed E-state index contributed by atoms with van der Waals surface area (Å²) in [4.78, 5) is 160. The van der Waals surface area contributed by atoms with Gasteiger partial charge in [0.25, 0.3) is 0 Å². The fraction of sp³-hybridized carbons (Fsp3) is 0.548. The summed E-state index contributed by atoms with van der Waals surface area (Å²) < 4.78 is 37.3. The van der Waals surface area contributed by atoms with Crippen LogP contribution >= 0.6 is 0 Å². The van der Waals surface area contributed by atoms with Gasteiger partial charge in [-0.15, -0.1) is 0 Å². The second kappa shape index (κ2) is 36.1. The van der Waals surface area contributed by atoms with Gasteiger partial charge in [-0.1, -0.05) is 51.1 Å². The van der Waals surface area contributed by atoms with Gasteiger partial charge in [-0.25, -0.2) is 18.4 Å². The smallest absolute Gasteiger partial charge is 0.329 e. The topological polar surface area (TPSA) is 410 Å². The Morgan fingerprint density at radius 2 is 1.31 bits per heavy atom. The van der Waals surface area contributed by atoms with Crippen LogP contribution in [0.5, 0.6) is 0 Å². The van der Waals surface area contributed by atoms with Crippen molar-refractivity contribution in [2.24, 2.45) is 16.9 Å². The number of carboxylic acids is 2. The first-order valence-corrected chi connectivity index (χ1v) is 29.9. The summed E-state index contributed by atoms with van der Waals surface area (Å²) in [7, 11) is 1.22. The van der Waals surface area contributed by atoms with Gasteiger partial charge in [0, 0.05) is 75.4 Å². The Hall–Kier alpha value is -8.86. The third-order valence-electron chi connectivity index (χ3n) is 14.3. The van der Waals surface area contributed by atoms with E-state index < -0.39 is 188 Å². The molecule has 0 saturated heterocycles. The van der Waals surface area contributed by atoms with Crippen LogP contribution < -0.4 is 43.4 Å². The predicted molar refractivity (Wildman–Crippen MR) is 327 cm³/mol. The van der Waals surface area contributed by atoms with Crippen molar-refractivity contribution in [3.63, 3.8) is 0 Å². The molecule has 29 heteroatoms. The molecule has 0 aliphatic rings. The van der Waals surface area contributed by atoms with Gasteiger partial charge in [-0.2, -0.15) is 0 Å². The lowest BCUT2D eigenvalue weighted by molar-refractivity contribution is -0.159. The van der Waals surface area contributed by atoms with Crippen molar-refractivity contribution in [3.05, 3.63) is 83.7 Å². The van der Waals surface area contributed by atoms with E-state index in [0.717, 1.165) is 28.7 Å². The van der Waals surface area contributed by atoms with Gasteiger partial charge in [0.15, 0.2) is 0 Å². The van der Waals surface area contributed by atoms with Crippen LogP contribution in [0.4, 0.5) is 8.78 Å². The SMILES string of the molecule is C[C@H](NC(=O)CCCC(=O)N[C@@H](CCCCN)C(=O)OC(C)(C)C)C(=O)N(C)[C@@H](C)C(=O)N[C@@H](CC(N)=O)C(=O)N[C@@H](CCN(C(=O)CO)[C@@H](c1cc(-c2cc(F)ccc2F)cn1Cc1ccccc1)C(C)(C)C)C(=O)NCCC(=O)N[C@H](CCC(=O)O)C(=O)O. The number of carboxylic acid groups (broad SMARTS) is 2. The van der Waals surface area contributed by atoms with E-state index in [4.69, 9.17) is 21.3 Å². The number of nitrogens with zero attached hydrogens (tertiary/aromatic N) is 3. The van der Waals surface area contributed by atoms with Crippen LogP contribution in [0.2, 0.25) is 0 Å². The number of likely N-dealkylation sites (N-methyl/N-ethyl adjacent to an activating group) is 1. The molecule has 1 heterocycles. The Balaban J connectivity index is 1.93. The zero-order valence-electron chi connectivity index (χ0n) is 53.0. The van der Waals surface area contributed by atoms with E-state index in [0.29, 0.717) is 25.1 Å². The summed E-state index contributed by atoms with van der Waals surface area (Å²) >= 11 is 0. The summed E-state index contributed by atoms with van der Waals surface area (Å²) in [6.45, 7) is 11.4. The van der Waals surface area contributed by atoms with E-state index in [1.807, 2.05) is 12.1 Å². The lowest BCUT2D eigenvalue weighted by Crippen LogP contribution is -2.58. The summed E-state index contributed by atoms with van der Waals surface area (Å²) in [6.07, 6.45) is -0.345. The van der Waals surface area contributed by atoms with E-state index in [9.17, 15) is 72.1 Å². The molecule has 1 aromatic heterocycles. The number of aliphatic carboxylic acids is 2. The van der Waals surface area contributed by atoms with Crippen LogP contribution in [0.3, 0.4) is 0 Å². The van der Waals surface area contributed by atoms with Crippen molar-refractivity contribution < 1.29 is 86.4 Å². The van der Waals surface area contributed by atoms with Gasteiger partial charge in [0.2, 0.25) is 53.2 Å². The van der Waals surface area contributed by atoms with Crippen LogP contribution in [-0.2, 0) is 68.8 Å². The van der Waals surface area contributed by atoms with E-state index in [1.54, 1.807) is 76.6 Å². The number of halogens is 2. The number of nitrogens with two attached hydrogens (primary N) is 2. The summed E-state index contributed by atoms with van der Waals surface area (Å²) in [5.74, 6) is -13.0. The second-order valence-corrected chi connectivity index (χ2v) is 24.1. The van der Waals surface area contributed by atoms with Crippen LogP contribution in [0, 0.1) is 17.0 Å². The Morgan fingerprint density at radius 3 is 1.89 bits per heavy atom. The molecule has 9 amide bonds. The number of aliphatic hydroxyl groups excluding tert-OH is 1. The van der Waals surface area contributed by atoms with Gasteiger partial charge in [0.05, 0.1) is 12.5 Å². The molecule has 0 aliphatic carbocycles. The maximum atomic E-state index is 15.5.